The number of amides is 1. The maximum absolute atomic E-state index is 12.2. The van der Waals surface area contributed by atoms with Crippen molar-refractivity contribution in [2.45, 2.75) is 31.5 Å². The molecule has 0 saturated heterocycles. The number of carbonyl (C=O) groups is 1. The van der Waals surface area contributed by atoms with E-state index in [-0.39, 0.29) is 11.5 Å². The van der Waals surface area contributed by atoms with Crippen LogP contribution in [-0.4, -0.2) is 21.7 Å². The van der Waals surface area contributed by atoms with Crippen molar-refractivity contribution >= 4 is 17.4 Å². The Balaban J connectivity index is 1.54. The molecule has 0 unspecified atom stereocenters. The van der Waals surface area contributed by atoms with Gasteiger partial charge in [-0.15, -0.1) is 0 Å². The lowest BCUT2D eigenvalue weighted by molar-refractivity contribution is -0.0716. The molecular weight excluding hydrogens is 296 g/mol. The number of carbonyl (C=O) groups excluding carboxylic acids is 1. The maximum Gasteiger partial charge on any atom is 0.278 e. The summed E-state index contributed by atoms with van der Waals surface area (Å²) in [5.41, 5.74) is 6.35. The molecule has 3 N–H and O–H groups in total. The van der Waals surface area contributed by atoms with Crippen LogP contribution in [0.15, 0.2) is 30.6 Å². The van der Waals surface area contributed by atoms with Crippen molar-refractivity contribution in [3.05, 3.63) is 36.3 Å². The van der Waals surface area contributed by atoms with Gasteiger partial charge in [0, 0.05) is 37.0 Å². The van der Waals surface area contributed by atoms with Crippen molar-refractivity contribution in [2.75, 3.05) is 11.1 Å². The summed E-state index contributed by atoms with van der Waals surface area (Å²) in [6, 6.07) is 5.32. The van der Waals surface area contributed by atoms with Crippen molar-refractivity contribution in [1.82, 2.24) is 9.97 Å². The minimum absolute atomic E-state index is 0.0932. The van der Waals surface area contributed by atoms with Crippen LogP contribution in [-0.2, 0) is 0 Å². The summed E-state index contributed by atoms with van der Waals surface area (Å²) in [7, 11) is 0. The summed E-state index contributed by atoms with van der Waals surface area (Å²) >= 11 is 0. The lowest BCUT2D eigenvalue weighted by Gasteiger charge is -2.21. The normalized spacial score (nSPS) is 17.4. The van der Waals surface area contributed by atoms with E-state index in [1.165, 1.54) is 12.4 Å². The first-order chi connectivity index (χ1) is 11.2. The zero-order valence-electron chi connectivity index (χ0n) is 12.4. The number of hydrogen-bond donors (Lipinski definition) is 2. The molecule has 1 aliphatic heterocycles. The second kappa shape index (κ2) is 5.12. The Labute approximate surface area is 132 Å². The molecule has 0 radical (unpaired) electrons. The fourth-order valence-corrected chi connectivity index (χ4v) is 3.00. The molecule has 1 saturated carbocycles. The van der Waals surface area contributed by atoms with E-state index in [2.05, 4.69) is 15.3 Å². The quantitative estimate of drug-likeness (QED) is 0.883. The Morgan fingerprint density at radius 2 is 1.87 bits per heavy atom. The Morgan fingerprint density at radius 1 is 1.13 bits per heavy atom. The van der Waals surface area contributed by atoms with Gasteiger partial charge in [0.05, 0.1) is 0 Å². The number of benzene rings is 1. The topological polar surface area (TPSA) is 99.4 Å². The van der Waals surface area contributed by atoms with Crippen LogP contribution in [0.5, 0.6) is 11.5 Å². The third kappa shape index (κ3) is 2.44. The Bertz CT molecular complexity index is 772. The number of rotatable bonds is 2. The highest BCUT2D eigenvalue weighted by Gasteiger charge is 2.44. The number of ether oxygens (including phenoxy) is 2. The molecular formula is C16H16N4O3. The average Bonchev–Trinajstić information content (AvgIpc) is 3.13. The van der Waals surface area contributed by atoms with Crippen LogP contribution < -0.4 is 20.5 Å². The molecule has 0 bridgehead atoms. The van der Waals surface area contributed by atoms with Gasteiger partial charge in [-0.2, -0.15) is 0 Å². The SMILES string of the molecule is Nc1nccnc1C(=O)Nc1ccc2c(c1)OC1(CCCC1)O2. The molecule has 1 aliphatic carbocycles. The summed E-state index contributed by atoms with van der Waals surface area (Å²) in [5, 5.41) is 2.75. The molecule has 1 aromatic carbocycles. The van der Waals surface area contributed by atoms with Gasteiger partial charge in [0.15, 0.2) is 23.0 Å². The molecule has 118 valence electrons. The van der Waals surface area contributed by atoms with E-state index in [0.29, 0.717) is 17.2 Å². The Hall–Kier alpha value is -2.83. The molecule has 1 amide bonds. The van der Waals surface area contributed by atoms with Gasteiger partial charge >= 0.3 is 0 Å². The first-order valence-electron chi connectivity index (χ1n) is 7.55. The average molecular weight is 312 g/mol. The molecule has 4 rings (SSSR count). The van der Waals surface area contributed by atoms with Gasteiger partial charge in [-0.1, -0.05) is 0 Å². The Kier molecular flexibility index (Phi) is 3.07. The highest BCUT2D eigenvalue weighted by Crippen LogP contribution is 2.47. The number of fused-ring (bicyclic) bond motifs is 1. The Morgan fingerprint density at radius 3 is 2.65 bits per heavy atom. The molecule has 7 heteroatoms. The van der Waals surface area contributed by atoms with Crippen LogP contribution in [0.4, 0.5) is 11.5 Å². The minimum atomic E-state index is -0.514. The zero-order valence-corrected chi connectivity index (χ0v) is 12.4. The van der Waals surface area contributed by atoms with Gasteiger partial charge in [0.1, 0.15) is 0 Å². The van der Waals surface area contributed by atoms with Gasteiger partial charge in [-0.25, -0.2) is 9.97 Å². The van der Waals surface area contributed by atoms with E-state index in [0.717, 1.165) is 25.7 Å². The molecule has 1 aromatic heterocycles. The summed E-state index contributed by atoms with van der Waals surface area (Å²) in [5.74, 6) is 0.529. The van der Waals surface area contributed by atoms with Gasteiger partial charge in [-0.3, -0.25) is 4.79 Å². The fourth-order valence-electron chi connectivity index (χ4n) is 3.00. The van der Waals surface area contributed by atoms with Crippen LogP contribution in [0.3, 0.4) is 0 Å². The molecule has 23 heavy (non-hydrogen) atoms. The third-order valence-corrected chi connectivity index (χ3v) is 4.10. The predicted molar refractivity (Wildman–Crippen MR) is 83.3 cm³/mol. The first-order valence-corrected chi connectivity index (χ1v) is 7.55. The summed E-state index contributed by atoms with van der Waals surface area (Å²) in [4.78, 5) is 20.0. The van der Waals surface area contributed by atoms with Gasteiger partial charge in [0.25, 0.3) is 11.7 Å². The molecule has 1 spiro atoms. The maximum atomic E-state index is 12.2. The smallest absolute Gasteiger partial charge is 0.278 e. The standard InChI is InChI=1S/C16H16N4O3/c17-14-13(18-7-8-19-14)15(21)20-10-3-4-11-12(9-10)23-16(22-11)5-1-2-6-16/h3-4,7-9H,1-2,5-6H2,(H2,17,19)(H,20,21). The minimum Gasteiger partial charge on any atom is -0.448 e. The monoisotopic (exact) mass is 312 g/mol. The molecule has 2 aromatic rings. The van der Waals surface area contributed by atoms with E-state index >= 15 is 0 Å². The highest BCUT2D eigenvalue weighted by molar-refractivity contribution is 6.05. The number of anilines is 2. The van der Waals surface area contributed by atoms with E-state index in [4.69, 9.17) is 15.2 Å². The third-order valence-electron chi connectivity index (χ3n) is 4.10. The summed E-state index contributed by atoms with van der Waals surface area (Å²) < 4.78 is 11.9. The van der Waals surface area contributed by atoms with Crippen molar-refractivity contribution in [2.24, 2.45) is 0 Å². The summed E-state index contributed by atoms with van der Waals surface area (Å²) in [6.07, 6.45) is 6.84. The number of nitrogen functional groups attached to an aromatic ring is 1. The largest absolute Gasteiger partial charge is 0.448 e. The summed E-state index contributed by atoms with van der Waals surface area (Å²) in [6.45, 7) is 0. The fraction of sp³-hybridized carbons (Fsp3) is 0.312. The van der Waals surface area contributed by atoms with Crippen LogP contribution in [0, 0.1) is 0 Å². The molecule has 1 fully saturated rings. The predicted octanol–water partition coefficient (Wildman–Crippen LogP) is 2.35. The number of hydrogen-bond acceptors (Lipinski definition) is 6. The van der Waals surface area contributed by atoms with Crippen molar-refractivity contribution in [3.63, 3.8) is 0 Å². The van der Waals surface area contributed by atoms with Crippen molar-refractivity contribution in [3.8, 4) is 11.5 Å². The van der Waals surface area contributed by atoms with Crippen LogP contribution >= 0.6 is 0 Å². The number of nitrogens with one attached hydrogen (secondary N) is 1. The molecule has 7 nitrogen and oxygen atoms in total. The zero-order chi connectivity index (χ0) is 15.9. The number of nitrogens with two attached hydrogens (primary N) is 1. The lowest BCUT2D eigenvalue weighted by Crippen LogP contribution is -2.34. The molecule has 2 aliphatic rings. The van der Waals surface area contributed by atoms with Gasteiger partial charge in [-0.05, 0) is 25.0 Å². The van der Waals surface area contributed by atoms with Gasteiger partial charge in [0.2, 0.25) is 0 Å². The van der Waals surface area contributed by atoms with E-state index < -0.39 is 11.7 Å². The highest BCUT2D eigenvalue weighted by atomic mass is 16.7. The number of nitrogens with zero attached hydrogens (tertiary/aromatic N) is 2. The second-order valence-electron chi connectivity index (χ2n) is 5.73. The molecule has 2 heterocycles. The van der Waals surface area contributed by atoms with E-state index in [9.17, 15) is 4.79 Å². The lowest BCUT2D eigenvalue weighted by atomic mass is 10.2. The van der Waals surface area contributed by atoms with Gasteiger partial charge < -0.3 is 20.5 Å². The van der Waals surface area contributed by atoms with Crippen LogP contribution in [0.2, 0.25) is 0 Å². The van der Waals surface area contributed by atoms with Crippen molar-refractivity contribution < 1.29 is 14.3 Å². The van der Waals surface area contributed by atoms with E-state index in [1.54, 1.807) is 18.2 Å². The number of aromatic nitrogens is 2. The second-order valence-corrected chi connectivity index (χ2v) is 5.73. The van der Waals surface area contributed by atoms with Crippen LogP contribution in [0.1, 0.15) is 36.2 Å². The van der Waals surface area contributed by atoms with Crippen molar-refractivity contribution in [1.29, 1.82) is 0 Å². The molecule has 0 atom stereocenters. The van der Waals surface area contributed by atoms with Crippen LogP contribution in [0.25, 0.3) is 0 Å². The first kappa shape index (κ1) is 13.8. The van der Waals surface area contributed by atoms with E-state index in [1.807, 2.05) is 0 Å².